The first-order valence-corrected chi connectivity index (χ1v) is 8.40. The Morgan fingerprint density at radius 1 is 0.833 bits per heavy atom. The molecule has 1 saturated heterocycles. The molecule has 2 amide bonds. The number of pyridine rings is 1. The lowest BCUT2D eigenvalue weighted by Crippen LogP contribution is -2.31. The van der Waals surface area contributed by atoms with Gasteiger partial charge in [0.05, 0.1) is 0 Å². The zero-order chi connectivity index (χ0) is 16.5. The van der Waals surface area contributed by atoms with Gasteiger partial charge in [-0.2, -0.15) is 0 Å². The van der Waals surface area contributed by atoms with Gasteiger partial charge in [0.25, 0.3) is 11.8 Å². The normalized spacial score (nSPS) is 16.3. The second-order valence-electron chi connectivity index (χ2n) is 6.24. The number of para-hydroxylation sites is 1. The van der Waals surface area contributed by atoms with Gasteiger partial charge in [-0.25, -0.2) is 4.98 Å². The number of benzene rings is 1. The van der Waals surface area contributed by atoms with Gasteiger partial charge in [0, 0.05) is 25.3 Å². The molecule has 0 atom stereocenters. The van der Waals surface area contributed by atoms with Crippen LogP contribution < -0.4 is 4.90 Å². The van der Waals surface area contributed by atoms with E-state index in [-0.39, 0.29) is 11.8 Å². The van der Waals surface area contributed by atoms with Crippen LogP contribution in [0.4, 0.5) is 5.69 Å². The van der Waals surface area contributed by atoms with E-state index in [1.807, 2.05) is 29.2 Å². The Hall–Kier alpha value is -2.69. The monoisotopic (exact) mass is 321 g/mol. The van der Waals surface area contributed by atoms with Crippen LogP contribution in [0.5, 0.6) is 0 Å². The molecule has 5 heteroatoms. The van der Waals surface area contributed by atoms with E-state index in [9.17, 15) is 9.59 Å². The van der Waals surface area contributed by atoms with Crippen LogP contribution >= 0.6 is 0 Å². The van der Waals surface area contributed by atoms with E-state index < -0.39 is 0 Å². The number of nitrogens with zero attached hydrogens (tertiary/aromatic N) is 3. The van der Waals surface area contributed by atoms with E-state index in [1.54, 1.807) is 23.1 Å². The number of amides is 2. The van der Waals surface area contributed by atoms with Crippen LogP contribution in [0, 0.1) is 0 Å². The second kappa shape index (κ2) is 6.07. The predicted octanol–water partition coefficient (Wildman–Crippen LogP) is 2.52. The third kappa shape index (κ3) is 2.56. The van der Waals surface area contributed by atoms with Crippen molar-refractivity contribution in [3.8, 4) is 0 Å². The molecular formula is C19H19N3O2. The molecule has 0 N–H and O–H groups in total. The molecule has 0 bridgehead atoms. The van der Waals surface area contributed by atoms with Gasteiger partial charge < -0.3 is 9.80 Å². The molecule has 0 unspecified atom stereocenters. The Kier molecular flexibility index (Phi) is 3.76. The molecule has 1 aromatic heterocycles. The zero-order valence-corrected chi connectivity index (χ0v) is 13.4. The number of likely N-dealkylation sites (tertiary alicyclic amines) is 1. The summed E-state index contributed by atoms with van der Waals surface area (Å²) in [5.74, 6) is -0.222. The molecule has 5 nitrogen and oxygen atoms in total. The van der Waals surface area contributed by atoms with Crippen molar-refractivity contribution in [3.05, 3.63) is 59.4 Å². The summed E-state index contributed by atoms with van der Waals surface area (Å²) in [6, 6.07) is 13.0. The Bertz CT molecular complexity index is 797. The highest BCUT2D eigenvalue weighted by atomic mass is 16.2. The van der Waals surface area contributed by atoms with Gasteiger partial charge in [0.2, 0.25) is 0 Å². The van der Waals surface area contributed by atoms with E-state index in [1.165, 1.54) is 5.56 Å². The molecule has 0 radical (unpaired) electrons. The molecule has 1 fully saturated rings. The highest BCUT2D eigenvalue weighted by Crippen LogP contribution is 2.28. The predicted molar refractivity (Wildman–Crippen MR) is 91.2 cm³/mol. The molecule has 122 valence electrons. The maximum atomic E-state index is 12.8. The van der Waals surface area contributed by atoms with Crippen LogP contribution in [-0.2, 0) is 6.42 Å². The van der Waals surface area contributed by atoms with Crippen molar-refractivity contribution in [2.45, 2.75) is 19.3 Å². The molecule has 24 heavy (non-hydrogen) atoms. The Morgan fingerprint density at radius 3 is 2.33 bits per heavy atom. The number of carbonyl (C=O) groups is 2. The number of fused-ring (bicyclic) bond motifs is 1. The Balaban J connectivity index is 1.60. The number of rotatable bonds is 2. The highest BCUT2D eigenvalue weighted by Gasteiger charge is 2.27. The van der Waals surface area contributed by atoms with Gasteiger partial charge in [-0.05, 0) is 43.0 Å². The first kappa shape index (κ1) is 14.9. The smallest absolute Gasteiger partial charge is 0.276 e. The van der Waals surface area contributed by atoms with Crippen molar-refractivity contribution in [2.75, 3.05) is 24.5 Å². The quantitative estimate of drug-likeness (QED) is 0.854. The lowest BCUT2D eigenvalue weighted by Gasteiger charge is -2.18. The van der Waals surface area contributed by atoms with Crippen LogP contribution in [0.15, 0.2) is 42.5 Å². The van der Waals surface area contributed by atoms with Gasteiger partial charge in [0.15, 0.2) is 0 Å². The fourth-order valence-corrected chi connectivity index (χ4v) is 3.44. The molecule has 2 aliphatic rings. The molecule has 0 saturated carbocycles. The third-order valence-electron chi connectivity index (χ3n) is 4.71. The van der Waals surface area contributed by atoms with Crippen LogP contribution in [0.1, 0.15) is 39.4 Å². The molecule has 2 aromatic rings. The molecule has 0 aliphatic carbocycles. The molecule has 0 spiro atoms. The first-order chi connectivity index (χ1) is 11.7. The summed E-state index contributed by atoms with van der Waals surface area (Å²) in [4.78, 5) is 33.2. The summed E-state index contributed by atoms with van der Waals surface area (Å²) < 4.78 is 0. The average Bonchev–Trinajstić information content (AvgIpc) is 3.30. The van der Waals surface area contributed by atoms with E-state index in [0.717, 1.165) is 38.0 Å². The van der Waals surface area contributed by atoms with Crippen LogP contribution in [0.3, 0.4) is 0 Å². The molecule has 3 heterocycles. The fourth-order valence-electron chi connectivity index (χ4n) is 3.44. The summed E-state index contributed by atoms with van der Waals surface area (Å²) in [6.45, 7) is 2.21. The van der Waals surface area contributed by atoms with E-state index >= 15 is 0 Å². The number of anilines is 1. The van der Waals surface area contributed by atoms with Crippen molar-refractivity contribution in [2.24, 2.45) is 0 Å². The first-order valence-electron chi connectivity index (χ1n) is 8.40. The van der Waals surface area contributed by atoms with Gasteiger partial charge in [-0.15, -0.1) is 0 Å². The van der Waals surface area contributed by atoms with Crippen molar-refractivity contribution in [3.63, 3.8) is 0 Å². The average molecular weight is 321 g/mol. The van der Waals surface area contributed by atoms with Crippen molar-refractivity contribution < 1.29 is 9.59 Å². The minimum absolute atomic E-state index is 0.0797. The number of hydrogen-bond donors (Lipinski definition) is 0. The minimum Gasteiger partial charge on any atom is -0.337 e. The number of aromatic nitrogens is 1. The lowest BCUT2D eigenvalue weighted by atomic mass is 10.2. The van der Waals surface area contributed by atoms with E-state index in [4.69, 9.17) is 0 Å². The van der Waals surface area contributed by atoms with Crippen molar-refractivity contribution in [1.29, 1.82) is 0 Å². The SMILES string of the molecule is O=C(c1cccc(C(=O)N2CCc3ccccc32)n1)N1CCCC1. The second-order valence-corrected chi connectivity index (χ2v) is 6.24. The summed E-state index contributed by atoms with van der Waals surface area (Å²) in [5.41, 5.74) is 2.81. The summed E-state index contributed by atoms with van der Waals surface area (Å²) in [5, 5.41) is 0. The standard InChI is InChI=1S/C19H19N3O2/c23-18(21-11-3-4-12-21)15-7-5-8-16(20-15)19(24)22-13-10-14-6-1-2-9-17(14)22/h1-2,5-9H,3-4,10-13H2. The number of hydrogen-bond acceptors (Lipinski definition) is 3. The largest absolute Gasteiger partial charge is 0.337 e. The van der Waals surface area contributed by atoms with Crippen LogP contribution in [-0.4, -0.2) is 41.3 Å². The molecule has 1 aromatic carbocycles. The summed E-state index contributed by atoms with van der Waals surface area (Å²) in [7, 11) is 0. The van der Waals surface area contributed by atoms with Gasteiger partial charge >= 0.3 is 0 Å². The topological polar surface area (TPSA) is 53.5 Å². The maximum absolute atomic E-state index is 12.8. The molecular weight excluding hydrogens is 302 g/mol. The minimum atomic E-state index is -0.143. The van der Waals surface area contributed by atoms with Crippen molar-refractivity contribution in [1.82, 2.24) is 9.88 Å². The van der Waals surface area contributed by atoms with Gasteiger partial charge in [0.1, 0.15) is 11.4 Å². The number of carbonyl (C=O) groups excluding carboxylic acids is 2. The maximum Gasteiger partial charge on any atom is 0.276 e. The van der Waals surface area contributed by atoms with Crippen LogP contribution in [0.2, 0.25) is 0 Å². The highest BCUT2D eigenvalue weighted by molar-refractivity contribution is 6.06. The Morgan fingerprint density at radius 2 is 1.54 bits per heavy atom. The summed E-state index contributed by atoms with van der Waals surface area (Å²) in [6.07, 6.45) is 2.93. The summed E-state index contributed by atoms with van der Waals surface area (Å²) >= 11 is 0. The van der Waals surface area contributed by atoms with E-state index in [2.05, 4.69) is 4.98 Å². The van der Waals surface area contributed by atoms with Crippen LogP contribution in [0.25, 0.3) is 0 Å². The lowest BCUT2D eigenvalue weighted by molar-refractivity contribution is 0.0787. The third-order valence-corrected chi connectivity index (χ3v) is 4.71. The molecule has 4 rings (SSSR count). The molecule has 2 aliphatic heterocycles. The van der Waals surface area contributed by atoms with E-state index in [0.29, 0.717) is 17.9 Å². The fraction of sp³-hybridized carbons (Fsp3) is 0.316. The Labute approximate surface area is 140 Å². The van der Waals surface area contributed by atoms with Gasteiger partial charge in [-0.3, -0.25) is 9.59 Å². The van der Waals surface area contributed by atoms with Gasteiger partial charge in [-0.1, -0.05) is 24.3 Å². The van der Waals surface area contributed by atoms with Crippen molar-refractivity contribution >= 4 is 17.5 Å². The zero-order valence-electron chi connectivity index (χ0n) is 13.4.